The maximum atomic E-state index is 9.61. The van der Waals surface area contributed by atoms with E-state index in [0.717, 1.165) is 25.5 Å². The van der Waals surface area contributed by atoms with Gasteiger partial charge in [0, 0.05) is 6.04 Å². The smallest absolute Gasteiger partial charge is 0.142 e. The number of benzene rings is 1. The predicted molar refractivity (Wildman–Crippen MR) is 86.0 cm³/mol. The van der Waals surface area contributed by atoms with E-state index in [9.17, 15) is 5.11 Å². The van der Waals surface area contributed by atoms with Crippen LogP contribution in [0.2, 0.25) is 0 Å². The zero-order chi connectivity index (χ0) is 11.4. The molecule has 0 aromatic heterocycles. The molecule has 16 heavy (non-hydrogen) atoms. The molecule has 0 heterocycles. The van der Waals surface area contributed by atoms with Gasteiger partial charge >= 0.3 is 0 Å². The second kappa shape index (κ2) is 7.91. The summed E-state index contributed by atoms with van der Waals surface area (Å²) in [5, 5.41) is 9.61. The molecule has 0 aliphatic heterocycles. The van der Waals surface area contributed by atoms with Crippen molar-refractivity contribution in [1.29, 1.82) is 0 Å². The van der Waals surface area contributed by atoms with Gasteiger partial charge in [0.25, 0.3) is 0 Å². The fourth-order valence-corrected chi connectivity index (χ4v) is 3.12. The van der Waals surface area contributed by atoms with Crippen LogP contribution in [0.5, 0.6) is 5.75 Å². The third-order valence-electron chi connectivity index (χ3n) is 2.19. The third-order valence-corrected chi connectivity index (χ3v) is 3.83. The highest BCUT2D eigenvalue weighted by Gasteiger charge is 2.10. The molecular weight excluding hydrogens is 453 g/mol. The maximum absolute atomic E-state index is 9.61. The summed E-state index contributed by atoms with van der Waals surface area (Å²) in [5.74, 6) is 0.339. The maximum Gasteiger partial charge on any atom is 0.142 e. The first-order valence-electron chi connectivity index (χ1n) is 4.69. The lowest BCUT2D eigenvalue weighted by molar-refractivity contribution is 0.466. The van der Waals surface area contributed by atoms with Crippen molar-refractivity contribution in [3.05, 3.63) is 24.8 Å². The van der Waals surface area contributed by atoms with Gasteiger partial charge in [-0.1, -0.05) is 0 Å². The molecule has 0 amide bonds. The molecule has 6 heteroatoms. The summed E-state index contributed by atoms with van der Waals surface area (Å²) >= 11 is 4.22. The summed E-state index contributed by atoms with van der Waals surface area (Å²) in [5.41, 5.74) is 12.5. The average molecular weight is 469 g/mol. The van der Waals surface area contributed by atoms with Gasteiger partial charge in [0.15, 0.2) is 0 Å². The van der Waals surface area contributed by atoms with Gasteiger partial charge in [-0.25, -0.2) is 0 Å². The number of hydrogen-bond donors (Lipinski definition) is 3. The van der Waals surface area contributed by atoms with E-state index in [2.05, 4.69) is 45.2 Å². The zero-order valence-electron chi connectivity index (χ0n) is 8.62. The summed E-state index contributed by atoms with van der Waals surface area (Å²) in [4.78, 5) is 0. The monoisotopic (exact) mass is 468 g/mol. The predicted octanol–water partition coefficient (Wildman–Crippen LogP) is 2.76. The normalized spacial score (nSPS) is 12.0. The molecule has 0 bridgehead atoms. The van der Waals surface area contributed by atoms with Gasteiger partial charge in [0.05, 0.1) is 7.14 Å². The van der Waals surface area contributed by atoms with Crippen LogP contribution in [0.3, 0.4) is 0 Å². The molecule has 0 radical (unpaired) electrons. The Bertz CT molecular complexity index is 327. The van der Waals surface area contributed by atoms with E-state index < -0.39 is 0 Å². The van der Waals surface area contributed by atoms with Crippen molar-refractivity contribution < 1.29 is 5.11 Å². The highest BCUT2D eigenvalue weighted by atomic mass is 127. The van der Waals surface area contributed by atoms with Crippen LogP contribution in [0.4, 0.5) is 0 Å². The fraction of sp³-hybridized carbons (Fsp3) is 0.400. The largest absolute Gasteiger partial charge is 0.506 e. The van der Waals surface area contributed by atoms with Crippen LogP contribution >= 0.6 is 57.6 Å². The standard InChI is InChI=1S/C10H14I2N2O.ClH/c11-7-4-6(5-8(12)10(7)15)9(14)2-1-3-13;/h4-5,9,15H,1-3,13-14H2;1H/t9-;/m0./s1. The second-order valence-electron chi connectivity index (χ2n) is 3.37. The van der Waals surface area contributed by atoms with Crippen molar-refractivity contribution in [3.63, 3.8) is 0 Å². The van der Waals surface area contributed by atoms with Crippen LogP contribution in [0.15, 0.2) is 12.1 Å². The molecule has 0 saturated heterocycles. The van der Waals surface area contributed by atoms with E-state index in [4.69, 9.17) is 11.5 Å². The van der Waals surface area contributed by atoms with Gasteiger partial charge in [-0.15, -0.1) is 12.4 Å². The van der Waals surface area contributed by atoms with Gasteiger partial charge in [0.2, 0.25) is 0 Å². The lowest BCUT2D eigenvalue weighted by Crippen LogP contribution is -2.13. The number of aromatic hydroxyl groups is 1. The van der Waals surface area contributed by atoms with E-state index in [-0.39, 0.29) is 18.4 Å². The lowest BCUT2D eigenvalue weighted by atomic mass is 10.0. The van der Waals surface area contributed by atoms with Gasteiger partial charge in [-0.05, 0) is 82.3 Å². The van der Waals surface area contributed by atoms with E-state index in [1.54, 1.807) is 0 Å². The Hall–Kier alpha value is 0.690. The highest BCUT2D eigenvalue weighted by molar-refractivity contribution is 14.1. The number of hydrogen-bond acceptors (Lipinski definition) is 3. The van der Waals surface area contributed by atoms with Crippen molar-refractivity contribution in [2.24, 2.45) is 11.5 Å². The van der Waals surface area contributed by atoms with Crippen molar-refractivity contribution in [3.8, 4) is 5.75 Å². The zero-order valence-corrected chi connectivity index (χ0v) is 13.8. The Kier molecular flexibility index (Phi) is 8.25. The van der Waals surface area contributed by atoms with Gasteiger partial charge in [-0.2, -0.15) is 0 Å². The van der Waals surface area contributed by atoms with Crippen molar-refractivity contribution in [2.45, 2.75) is 18.9 Å². The minimum Gasteiger partial charge on any atom is -0.506 e. The quantitative estimate of drug-likeness (QED) is 0.596. The van der Waals surface area contributed by atoms with Gasteiger partial charge < -0.3 is 16.6 Å². The Morgan fingerprint density at radius 3 is 2.19 bits per heavy atom. The molecule has 92 valence electrons. The number of nitrogens with two attached hydrogens (primary N) is 2. The van der Waals surface area contributed by atoms with Crippen LogP contribution in [0.25, 0.3) is 0 Å². The topological polar surface area (TPSA) is 72.3 Å². The minimum absolute atomic E-state index is 0. The third kappa shape index (κ3) is 4.52. The lowest BCUT2D eigenvalue weighted by Gasteiger charge is -2.13. The fourth-order valence-electron chi connectivity index (χ4n) is 1.30. The average Bonchev–Trinajstić information content (AvgIpc) is 2.21. The van der Waals surface area contributed by atoms with Crippen LogP contribution in [0, 0.1) is 7.14 Å². The van der Waals surface area contributed by atoms with Crippen LogP contribution < -0.4 is 11.5 Å². The molecule has 3 nitrogen and oxygen atoms in total. The summed E-state index contributed by atoms with van der Waals surface area (Å²) in [7, 11) is 0. The first-order valence-corrected chi connectivity index (χ1v) is 6.85. The van der Waals surface area contributed by atoms with Crippen molar-refractivity contribution >= 4 is 57.6 Å². The Balaban J connectivity index is 0.00000225. The summed E-state index contributed by atoms with van der Waals surface area (Å²) in [6.45, 7) is 0.667. The minimum atomic E-state index is 0. The molecule has 1 aromatic rings. The first kappa shape index (κ1) is 16.7. The highest BCUT2D eigenvalue weighted by Crippen LogP contribution is 2.30. The summed E-state index contributed by atoms with van der Waals surface area (Å²) in [6, 6.07) is 3.87. The first-order chi connectivity index (χ1) is 7.06. The molecule has 0 spiro atoms. The molecule has 0 aliphatic carbocycles. The van der Waals surface area contributed by atoms with Gasteiger partial charge in [0.1, 0.15) is 5.75 Å². The molecule has 0 aliphatic rings. The van der Waals surface area contributed by atoms with Crippen LogP contribution in [0.1, 0.15) is 24.4 Å². The Morgan fingerprint density at radius 2 is 1.75 bits per heavy atom. The molecular formula is C10H15ClI2N2O. The van der Waals surface area contributed by atoms with Crippen LogP contribution in [-0.2, 0) is 0 Å². The van der Waals surface area contributed by atoms with E-state index >= 15 is 0 Å². The second-order valence-corrected chi connectivity index (χ2v) is 5.69. The van der Waals surface area contributed by atoms with Crippen molar-refractivity contribution in [1.82, 2.24) is 0 Å². The molecule has 1 aromatic carbocycles. The van der Waals surface area contributed by atoms with E-state index in [1.165, 1.54) is 0 Å². The molecule has 1 rings (SSSR count). The van der Waals surface area contributed by atoms with Gasteiger partial charge in [-0.3, -0.25) is 0 Å². The Morgan fingerprint density at radius 1 is 1.25 bits per heavy atom. The number of phenols is 1. The summed E-state index contributed by atoms with van der Waals surface area (Å²) in [6.07, 6.45) is 1.81. The number of rotatable bonds is 4. The molecule has 1 atom stereocenters. The molecule has 0 fully saturated rings. The van der Waals surface area contributed by atoms with E-state index in [1.807, 2.05) is 12.1 Å². The Labute approximate surface area is 129 Å². The van der Waals surface area contributed by atoms with Crippen molar-refractivity contribution in [2.75, 3.05) is 6.54 Å². The SMILES string of the molecule is Cl.NCCC[C@H](N)c1cc(I)c(O)c(I)c1. The molecule has 0 unspecified atom stereocenters. The van der Waals surface area contributed by atoms with Crippen LogP contribution in [-0.4, -0.2) is 11.7 Å². The number of phenolic OH excluding ortho intramolecular Hbond substituents is 1. The summed E-state index contributed by atoms with van der Waals surface area (Å²) < 4.78 is 1.69. The molecule has 5 N–H and O–H groups in total. The number of halogens is 3. The molecule has 0 saturated carbocycles. The van der Waals surface area contributed by atoms with E-state index in [0.29, 0.717) is 12.3 Å².